The lowest BCUT2D eigenvalue weighted by Crippen LogP contribution is -2.20. The Morgan fingerprint density at radius 3 is 2.67 bits per heavy atom. The molecule has 1 aromatic rings. The van der Waals surface area contributed by atoms with Crippen LogP contribution in [0.3, 0.4) is 0 Å². The first-order valence-corrected chi connectivity index (χ1v) is 7.55. The fourth-order valence-corrected chi connectivity index (χ4v) is 2.81. The molecular formula is C15H20Cl2O. The van der Waals surface area contributed by atoms with Crippen molar-refractivity contribution in [3.63, 3.8) is 0 Å². The summed E-state index contributed by atoms with van der Waals surface area (Å²) in [5, 5.41) is 0.970. The van der Waals surface area contributed by atoms with Gasteiger partial charge in [0, 0.05) is 17.0 Å². The van der Waals surface area contributed by atoms with E-state index in [-0.39, 0.29) is 5.38 Å². The number of hydrogen-bond donors (Lipinski definition) is 0. The van der Waals surface area contributed by atoms with Crippen molar-refractivity contribution in [2.45, 2.75) is 50.0 Å². The number of rotatable bonds is 5. The van der Waals surface area contributed by atoms with Crippen molar-refractivity contribution in [1.29, 1.82) is 0 Å². The van der Waals surface area contributed by atoms with E-state index in [0.29, 0.717) is 6.10 Å². The van der Waals surface area contributed by atoms with Crippen LogP contribution in [-0.2, 0) is 11.2 Å². The monoisotopic (exact) mass is 286 g/mol. The van der Waals surface area contributed by atoms with Gasteiger partial charge < -0.3 is 4.74 Å². The Morgan fingerprint density at radius 2 is 2.00 bits per heavy atom. The lowest BCUT2D eigenvalue weighted by molar-refractivity contribution is 0.0100. The molecule has 1 fully saturated rings. The smallest absolute Gasteiger partial charge is 0.0575 e. The molecule has 0 saturated carbocycles. The van der Waals surface area contributed by atoms with Crippen LogP contribution < -0.4 is 0 Å². The molecular weight excluding hydrogens is 267 g/mol. The Kier molecular flexibility index (Phi) is 5.81. The third-order valence-corrected chi connectivity index (χ3v) is 4.07. The summed E-state index contributed by atoms with van der Waals surface area (Å²) in [4.78, 5) is 0. The van der Waals surface area contributed by atoms with Gasteiger partial charge in [-0.2, -0.15) is 0 Å². The summed E-state index contributed by atoms with van der Waals surface area (Å²) < 4.78 is 5.72. The maximum absolute atomic E-state index is 6.39. The Morgan fingerprint density at radius 1 is 1.22 bits per heavy atom. The molecule has 18 heavy (non-hydrogen) atoms. The van der Waals surface area contributed by atoms with Gasteiger partial charge in [-0.15, -0.1) is 11.6 Å². The lowest BCUT2D eigenvalue weighted by atomic mass is 10.0. The Balaban J connectivity index is 1.71. The van der Waals surface area contributed by atoms with Gasteiger partial charge in [-0.3, -0.25) is 0 Å². The molecule has 1 saturated heterocycles. The summed E-state index contributed by atoms with van der Waals surface area (Å²) in [6, 6.07) is 7.94. The molecule has 2 unspecified atom stereocenters. The quantitative estimate of drug-likeness (QED) is 0.704. The zero-order valence-electron chi connectivity index (χ0n) is 10.6. The molecule has 100 valence electrons. The molecule has 0 amide bonds. The number of benzene rings is 1. The SMILES string of the molecule is Clc1ccc(CC(Cl)CCC2CCCCO2)cc1. The highest BCUT2D eigenvalue weighted by molar-refractivity contribution is 6.30. The zero-order valence-corrected chi connectivity index (χ0v) is 12.1. The first-order valence-electron chi connectivity index (χ1n) is 6.74. The van der Waals surface area contributed by atoms with Crippen molar-refractivity contribution >= 4 is 23.2 Å². The highest BCUT2D eigenvalue weighted by Gasteiger charge is 2.15. The maximum atomic E-state index is 6.39. The van der Waals surface area contributed by atoms with Gasteiger partial charge in [-0.25, -0.2) is 0 Å². The van der Waals surface area contributed by atoms with E-state index < -0.39 is 0 Å². The largest absolute Gasteiger partial charge is 0.378 e. The summed E-state index contributed by atoms with van der Waals surface area (Å²) in [6.45, 7) is 0.925. The van der Waals surface area contributed by atoms with Crippen LogP contribution in [0.2, 0.25) is 5.02 Å². The fourth-order valence-electron chi connectivity index (χ4n) is 2.38. The summed E-state index contributed by atoms with van der Waals surface area (Å²) in [6.07, 6.45) is 7.16. The van der Waals surface area contributed by atoms with Crippen LogP contribution in [-0.4, -0.2) is 18.1 Å². The van der Waals surface area contributed by atoms with Crippen LogP contribution in [0.1, 0.15) is 37.7 Å². The molecule has 0 bridgehead atoms. The van der Waals surface area contributed by atoms with Crippen molar-refractivity contribution in [1.82, 2.24) is 0 Å². The number of halogens is 2. The maximum Gasteiger partial charge on any atom is 0.0575 e. The number of hydrogen-bond acceptors (Lipinski definition) is 1. The average molecular weight is 287 g/mol. The standard InChI is InChI=1S/C15H20Cl2O/c16-13-6-4-12(5-7-13)11-14(17)8-9-15-3-1-2-10-18-15/h4-7,14-15H,1-3,8-11H2. The fraction of sp³-hybridized carbons (Fsp3) is 0.600. The average Bonchev–Trinajstić information content (AvgIpc) is 2.40. The van der Waals surface area contributed by atoms with E-state index in [0.717, 1.165) is 30.9 Å². The minimum atomic E-state index is 0.191. The van der Waals surface area contributed by atoms with Gasteiger partial charge >= 0.3 is 0 Å². The molecule has 1 aliphatic heterocycles. The van der Waals surface area contributed by atoms with Gasteiger partial charge in [0.05, 0.1) is 6.10 Å². The number of ether oxygens (including phenoxy) is 1. The van der Waals surface area contributed by atoms with Gasteiger partial charge in [0.2, 0.25) is 0 Å². The highest BCUT2D eigenvalue weighted by atomic mass is 35.5. The van der Waals surface area contributed by atoms with E-state index in [2.05, 4.69) is 12.1 Å². The van der Waals surface area contributed by atoms with Crippen molar-refractivity contribution in [3.05, 3.63) is 34.9 Å². The van der Waals surface area contributed by atoms with E-state index in [1.54, 1.807) is 0 Å². The Bertz CT molecular complexity index is 344. The third kappa shape index (κ3) is 4.79. The third-order valence-electron chi connectivity index (χ3n) is 3.45. The van der Waals surface area contributed by atoms with Gasteiger partial charge in [0.25, 0.3) is 0 Å². The second-order valence-electron chi connectivity index (χ2n) is 4.99. The predicted molar refractivity (Wildman–Crippen MR) is 77.6 cm³/mol. The van der Waals surface area contributed by atoms with E-state index in [4.69, 9.17) is 27.9 Å². The Labute approximate surface area is 119 Å². The molecule has 0 radical (unpaired) electrons. The van der Waals surface area contributed by atoms with Crippen LogP contribution in [0, 0.1) is 0 Å². The van der Waals surface area contributed by atoms with Crippen molar-refractivity contribution in [2.24, 2.45) is 0 Å². The molecule has 2 rings (SSSR count). The first-order chi connectivity index (χ1) is 8.74. The molecule has 0 aromatic heterocycles. The molecule has 0 aliphatic carbocycles. The zero-order chi connectivity index (χ0) is 12.8. The topological polar surface area (TPSA) is 9.23 Å². The number of alkyl halides is 1. The van der Waals surface area contributed by atoms with Crippen molar-refractivity contribution < 1.29 is 4.74 Å². The van der Waals surface area contributed by atoms with Crippen molar-refractivity contribution in [3.8, 4) is 0 Å². The second kappa shape index (κ2) is 7.37. The van der Waals surface area contributed by atoms with E-state index in [9.17, 15) is 0 Å². The Hall–Kier alpha value is -0.240. The normalized spacial score (nSPS) is 21.8. The van der Waals surface area contributed by atoms with Gasteiger partial charge in [0.15, 0.2) is 0 Å². The second-order valence-corrected chi connectivity index (χ2v) is 6.05. The van der Waals surface area contributed by atoms with E-state index in [1.165, 1.54) is 24.8 Å². The molecule has 2 atom stereocenters. The molecule has 1 aromatic carbocycles. The van der Waals surface area contributed by atoms with Crippen LogP contribution in [0.15, 0.2) is 24.3 Å². The van der Waals surface area contributed by atoms with Crippen LogP contribution >= 0.6 is 23.2 Å². The molecule has 1 heterocycles. The molecule has 0 N–H and O–H groups in total. The molecule has 1 aliphatic rings. The van der Waals surface area contributed by atoms with Gasteiger partial charge in [-0.05, 0) is 56.2 Å². The predicted octanol–water partition coefficient (Wildman–Crippen LogP) is 4.84. The van der Waals surface area contributed by atoms with Crippen molar-refractivity contribution in [2.75, 3.05) is 6.61 Å². The summed E-state index contributed by atoms with van der Waals surface area (Å²) >= 11 is 12.2. The summed E-state index contributed by atoms with van der Waals surface area (Å²) in [7, 11) is 0. The van der Waals surface area contributed by atoms with E-state index >= 15 is 0 Å². The highest BCUT2D eigenvalue weighted by Crippen LogP contribution is 2.21. The van der Waals surface area contributed by atoms with Crippen LogP contribution in [0.5, 0.6) is 0 Å². The van der Waals surface area contributed by atoms with E-state index in [1.807, 2.05) is 12.1 Å². The van der Waals surface area contributed by atoms with Gasteiger partial charge in [-0.1, -0.05) is 23.7 Å². The minimum Gasteiger partial charge on any atom is -0.378 e. The summed E-state index contributed by atoms with van der Waals surface area (Å²) in [5.74, 6) is 0. The van der Waals surface area contributed by atoms with Gasteiger partial charge in [0.1, 0.15) is 0 Å². The van der Waals surface area contributed by atoms with Crippen LogP contribution in [0.25, 0.3) is 0 Å². The first kappa shape index (κ1) is 14.2. The molecule has 3 heteroatoms. The molecule has 0 spiro atoms. The molecule has 1 nitrogen and oxygen atoms in total. The summed E-state index contributed by atoms with van der Waals surface area (Å²) in [5.41, 5.74) is 1.25. The minimum absolute atomic E-state index is 0.191. The lowest BCUT2D eigenvalue weighted by Gasteiger charge is -2.23. The van der Waals surface area contributed by atoms with Crippen LogP contribution in [0.4, 0.5) is 0 Å².